The van der Waals surface area contributed by atoms with Crippen LogP contribution in [-0.2, 0) is 29.8 Å². The van der Waals surface area contributed by atoms with Gasteiger partial charge in [-0.3, -0.25) is 0 Å². The standard InChI is InChI=1S/C13H7Br2.C4H10N.2CH3.2ClH.H2Si.Zr/c14-10-1-3-12-8(6-10)5-9-7-11(15)2-4-13(9)12;1-4(2,3)5;;;;;;/h1-4,6H,5H2;5H,1-3H3;2*1H3;2*1H;1H2;/q4*-1;;;;. The van der Waals surface area contributed by atoms with Crippen molar-refractivity contribution in [2.24, 2.45) is 0 Å². The second kappa shape index (κ2) is 15.9. The Bertz CT molecular complexity index is 609. The molecule has 0 fully saturated rings. The molecule has 1 aliphatic rings. The molecular formula is C19H27Br2Cl2NSiZr-4. The molecule has 1 nitrogen and oxygen atoms in total. The maximum absolute atomic E-state index is 6.94. The van der Waals surface area contributed by atoms with Crippen molar-refractivity contribution in [2.45, 2.75) is 32.7 Å². The van der Waals surface area contributed by atoms with Crippen molar-refractivity contribution in [2.75, 3.05) is 0 Å². The van der Waals surface area contributed by atoms with Gasteiger partial charge in [0.1, 0.15) is 0 Å². The SMILES string of the molecule is Brc1[c-]c2c(cc1)-c1ccc(Br)cc1C2.CC(C)(C)[NH-].Cl.Cl.[CH3-].[CH3-].[SiH2]=[Zr]. The zero-order valence-electron chi connectivity index (χ0n) is 15.9. The third kappa shape index (κ3) is 11.8. The summed E-state index contributed by atoms with van der Waals surface area (Å²) in [4.78, 5) is 0. The number of fused-ring (bicyclic) bond motifs is 3. The van der Waals surface area contributed by atoms with Gasteiger partial charge in [0.15, 0.2) is 0 Å². The van der Waals surface area contributed by atoms with Crippen LogP contribution in [0, 0.1) is 20.9 Å². The predicted octanol–water partition coefficient (Wildman–Crippen LogP) is 7.25. The summed E-state index contributed by atoms with van der Waals surface area (Å²) in [7, 11) is 0. The second-order valence-electron chi connectivity index (χ2n) is 5.93. The molecule has 0 unspecified atom stereocenters. The van der Waals surface area contributed by atoms with Gasteiger partial charge in [-0.15, -0.1) is 41.5 Å². The van der Waals surface area contributed by atoms with Gasteiger partial charge in [0, 0.05) is 4.47 Å². The first kappa shape index (κ1) is 34.5. The van der Waals surface area contributed by atoms with Gasteiger partial charge in [-0.2, -0.15) is 18.2 Å². The van der Waals surface area contributed by atoms with Gasteiger partial charge in [0.05, 0.1) is 0 Å². The van der Waals surface area contributed by atoms with Crippen LogP contribution in [0.1, 0.15) is 31.9 Å². The molecule has 7 heteroatoms. The van der Waals surface area contributed by atoms with E-state index in [1.807, 2.05) is 27.7 Å². The summed E-state index contributed by atoms with van der Waals surface area (Å²) in [6.07, 6.45) is 0.990. The predicted molar refractivity (Wildman–Crippen MR) is 129 cm³/mol. The van der Waals surface area contributed by atoms with E-state index in [0.717, 1.165) is 15.4 Å². The normalized spacial score (nSPS) is 9.58. The number of hydrogen-bond acceptors (Lipinski definition) is 0. The molecule has 0 radical (unpaired) electrons. The van der Waals surface area contributed by atoms with E-state index in [0.29, 0.717) is 0 Å². The van der Waals surface area contributed by atoms with E-state index < -0.39 is 0 Å². The Kier molecular flexibility index (Phi) is 21.1. The fraction of sp³-hybridized carbons (Fsp3) is 0.263. The number of halogens is 4. The van der Waals surface area contributed by atoms with Crippen LogP contribution in [0.4, 0.5) is 0 Å². The summed E-state index contributed by atoms with van der Waals surface area (Å²) < 4.78 is 2.18. The van der Waals surface area contributed by atoms with Gasteiger partial charge in [0.2, 0.25) is 0 Å². The Morgan fingerprint density at radius 1 is 1.00 bits per heavy atom. The van der Waals surface area contributed by atoms with Gasteiger partial charge < -0.3 is 20.6 Å². The molecule has 2 aromatic rings. The number of benzene rings is 2. The first-order valence-electron chi connectivity index (χ1n) is 6.84. The van der Waals surface area contributed by atoms with Crippen LogP contribution in [-0.4, -0.2) is 12.4 Å². The van der Waals surface area contributed by atoms with E-state index in [9.17, 15) is 0 Å². The van der Waals surface area contributed by atoms with Crippen LogP contribution >= 0.6 is 56.7 Å². The average molecular weight is 619 g/mol. The first-order chi connectivity index (χ1) is 10.2. The molecule has 2 aromatic carbocycles. The molecule has 0 bridgehead atoms. The van der Waals surface area contributed by atoms with E-state index in [1.54, 1.807) is 23.3 Å². The minimum absolute atomic E-state index is 0. The zero-order chi connectivity index (χ0) is 16.9. The summed E-state index contributed by atoms with van der Waals surface area (Å²) in [5.74, 6) is 0. The molecule has 0 atom stereocenters. The molecule has 0 aliphatic heterocycles. The van der Waals surface area contributed by atoms with Crippen LogP contribution in [0.25, 0.3) is 16.9 Å². The van der Waals surface area contributed by atoms with Gasteiger partial charge in [-0.25, -0.2) is 0 Å². The van der Waals surface area contributed by atoms with Gasteiger partial charge >= 0.3 is 30.2 Å². The van der Waals surface area contributed by atoms with Crippen LogP contribution in [0.2, 0.25) is 0 Å². The maximum atomic E-state index is 6.94. The van der Waals surface area contributed by atoms with E-state index in [4.69, 9.17) is 5.73 Å². The van der Waals surface area contributed by atoms with Gasteiger partial charge in [0.25, 0.3) is 0 Å². The fourth-order valence-corrected chi connectivity index (χ4v) is 2.84. The summed E-state index contributed by atoms with van der Waals surface area (Å²) in [5, 5.41) is 0. The summed E-state index contributed by atoms with van der Waals surface area (Å²) in [6.45, 7) is 7.51. The topological polar surface area (TPSA) is 23.8 Å². The van der Waals surface area contributed by atoms with Crippen molar-refractivity contribution in [3.05, 3.63) is 77.1 Å². The Hall–Kier alpha value is 1.04. The van der Waals surface area contributed by atoms with Gasteiger partial charge in [-0.1, -0.05) is 68.7 Å². The number of rotatable bonds is 0. The third-order valence-corrected chi connectivity index (χ3v) is 3.67. The quantitative estimate of drug-likeness (QED) is 0.187. The van der Waals surface area contributed by atoms with Crippen molar-refractivity contribution in [1.82, 2.24) is 0 Å². The summed E-state index contributed by atoms with van der Waals surface area (Å²) in [6, 6.07) is 14.0. The molecule has 0 saturated carbocycles. The van der Waals surface area contributed by atoms with Crippen LogP contribution < -0.4 is 0 Å². The van der Waals surface area contributed by atoms with E-state index in [2.05, 4.69) is 68.3 Å². The van der Waals surface area contributed by atoms with Gasteiger partial charge in [-0.05, 0) is 24.1 Å². The van der Waals surface area contributed by atoms with E-state index in [1.165, 1.54) is 22.3 Å². The Labute approximate surface area is 206 Å². The molecule has 1 aliphatic carbocycles. The molecule has 0 aromatic heterocycles. The molecule has 1 N–H and O–H groups in total. The molecule has 26 heavy (non-hydrogen) atoms. The van der Waals surface area contributed by atoms with Crippen molar-refractivity contribution >= 4 is 63.6 Å². The van der Waals surface area contributed by atoms with Crippen molar-refractivity contribution in [3.8, 4) is 11.1 Å². The Morgan fingerprint density at radius 2 is 1.46 bits per heavy atom. The minimum atomic E-state index is -0.250. The van der Waals surface area contributed by atoms with Crippen molar-refractivity contribution in [1.29, 1.82) is 0 Å². The summed E-state index contributed by atoms with van der Waals surface area (Å²) in [5.41, 5.74) is 12.0. The number of hydrogen-bond donors (Lipinski definition) is 0. The van der Waals surface area contributed by atoms with E-state index in [-0.39, 0.29) is 45.2 Å². The molecular weight excluding hydrogens is 592 g/mol. The van der Waals surface area contributed by atoms with Crippen molar-refractivity contribution < 1.29 is 23.3 Å². The van der Waals surface area contributed by atoms with Crippen LogP contribution in [0.15, 0.2) is 39.3 Å². The van der Waals surface area contributed by atoms with Crippen molar-refractivity contribution in [3.63, 3.8) is 0 Å². The van der Waals surface area contributed by atoms with Crippen LogP contribution in [0.3, 0.4) is 0 Å². The Balaban J connectivity index is -0.000000196. The second-order valence-corrected chi connectivity index (χ2v) is 7.70. The molecule has 0 spiro atoms. The monoisotopic (exact) mass is 615 g/mol. The zero-order valence-corrected chi connectivity index (χ0v) is 24.6. The third-order valence-electron chi connectivity index (χ3n) is 2.72. The molecule has 3 rings (SSSR count). The Morgan fingerprint density at radius 3 is 1.96 bits per heavy atom. The molecule has 0 amide bonds. The first-order valence-corrected chi connectivity index (χ1v) is 14.3. The average Bonchev–Trinajstić information content (AvgIpc) is 2.75. The molecule has 0 saturated heterocycles. The number of nitrogens with one attached hydrogen (secondary N) is 1. The summed E-state index contributed by atoms with van der Waals surface area (Å²) >= 11 is 8.54. The molecule has 148 valence electrons. The van der Waals surface area contributed by atoms with E-state index >= 15 is 0 Å². The molecule has 0 heterocycles. The fourth-order valence-electron chi connectivity index (χ4n) is 2.06. The van der Waals surface area contributed by atoms with Crippen LogP contribution in [0.5, 0.6) is 0 Å².